The molecule has 2 heterocycles. The van der Waals surface area contributed by atoms with E-state index >= 15 is 4.39 Å². The van der Waals surface area contributed by atoms with Crippen molar-refractivity contribution in [3.05, 3.63) is 58.4 Å². The first-order chi connectivity index (χ1) is 15.9. The van der Waals surface area contributed by atoms with Crippen LogP contribution >= 0.6 is 11.3 Å². The van der Waals surface area contributed by atoms with Gasteiger partial charge >= 0.3 is 6.18 Å². The molecule has 0 radical (unpaired) electrons. The first-order valence-electron chi connectivity index (χ1n) is 10.3. The lowest BCUT2D eigenvalue weighted by molar-refractivity contribution is -0.145. The Morgan fingerprint density at radius 1 is 1.24 bits per heavy atom. The van der Waals surface area contributed by atoms with Crippen LogP contribution in [-0.2, 0) is 6.18 Å². The Balaban J connectivity index is 1.60. The Labute approximate surface area is 195 Å². The third-order valence-electron chi connectivity index (χ3n) is 5.25. The molecular weight excluding hydrogens is 476 g/mol. The zero-order valence-corrected chi connectivity index (χ0v) is 18.9. The number of nitrogens with zero attached hydrogens (tertiary/aromatic N) is 3. The van der Waals surface area contributed by atoms with Crippen LogP contribution in [-0.4, -0.2) is 38.2 Å². The second kappa shape index (κ2) is 8.91. The van der Waals surface area contributed by atoms with Crippen molar-refractivity contribution in [3.63, 3.8) is 0 Å². The van der Waals surface area contributed by atoms with Gasteiger partial charge in [0, 0.05) is 29.0 Å². The van der Waals surface area contributed by atoms with Crippen molar-refractivity contribution >= 4 is 17.2 Å². The highest BCUT2D eigenvalue weighted by molar-refractivity contribution is 7.14. The molecule has 2 aromatic heterocycles. The quantitative estimate of drug-likeness (QED) is 0.469. The summed E-state index contributed by atoms with van der Waals surface area (Å²) in [5, 5.41) is 13.0. The topological polar surface area (TPSA) is 97.2 Å². The van der Waals surface area contributed by atoms with Crippen LogP contribution in [0.2, 0.25) is 0 Å². The van der Waals surface area contributed by atoms with Crippen molar-refractivity contribution in [2.45, 2.75) is 44.5 Å². The highest BCUT2D eigenvalue weighted by Crippen LogP contribution is 2.37. The number of carbonyl (C=O) groups excluding carboxylic acids is 1. The molecular formula is C22H20F4N4O3S. The van der Waals surface area contributed by atoms with E-state index in [2.05, 4.69) is 20.3 Å². The molecule has 1 amide bonds. The third-order valence-corrected chi connectivity index (χ3v) is 6.20. The first-order valence-corrected chi connectivity index (χ1v) is 11.1. The van der Waals surface area contributed by atoms with Gasteiger partial charge in [0.2, 0.25) is 5.82 Å². The molecule has 4 rings (SSSR count). The van der Waals surface area contributed by atoms with Gasteiger partial charge in [0.15, 0.2) is 0 Å². The number of amides is 1. The molecule has 3 aromatic rings. The number of thiazole rings is 1. The van der Waals surface area contributed by atoms with Crippen molar-refractivity contribution in [1.82, 2.24) is 20.3 Å². The van der Waals surface area contributed by atoms with Crippen LogP contribution in [0.3, 0.4) is 0 Å². The van der Waals surface area contributed by atoms with Gasteiger partial charge in [0.1, 0.15) is 23.2 Å². The van der Waals surface area contributed by atoms with E-state index in [1.807, 2.05) is 6.92 Å². The Kier molecular flexibility index (Phi) is 6.30. The number of aliphatic hydroxyl groups is 1. The van der Waals surface area contributed by atoms with E-state index in [-0.39, 0.29) is 29.0 Å². The Morgan fingerprint density at radius 2 is 1.91 bits per heavy atom. The predicted octanol–water partition coefficient (Wildman–Crippen LogP) is 4.46. The normalized spacial score (nSPS) is 15.6. The van der Waals surface area contributed by atoms with E-state index in [0.29, 0.717) is 17.8 Å². The van der Waals surface area contributed by atoms with E-state index in [0.717, 1.165) is 17.3 Å². The van der Waals surface area contributed by atoms with Gasteiger partial charge in [-0.25, -0.2) is 19.3 Å². The molecule has 1 aliphatic carbocycles. The van der Waals surface area contributed by atoms with Gasteiger partial charge < -0.3 is 15.2 Å². The van der Waals surface area contributed by atoms with Gasteiger partial charge in [-0.2, -0.15) is 13.2 Å². The number of halogens is 4. The molecule has 1 fully saturated rings. The second-order valence-electron chi connectivity index (χ2n) is 8.15. The molecule has 1 aliphatic rings. The molecule has 2 N–H and O–H groups in total. The lowest BCUT2D eigenvalue weighted by atomic mass is 10.1. The fourth-order valence-electron chi connectivity index (χ4n) is 3.05. The summed E-state index contributed by atoms with van der Waals surface area (Å²) in [5.41, 5.74) is -0.982. The standard InChI is InChI=1S/C22H20F4N4O3S/c1-11-7-27-19(34-11)16-6-14(33-10-21(32)3-4-21)5-15(17(16)23)18(31)30-12(2)13-8-28-20(29-9-13)22(24,25)26/h5-9,12,32H,3-4,10H2,1-2H3,(H,30,31). The number of aromatic nitrogens is 3. The lowest BCUT2D eigenvalue weighted by Gasteiger charge is -2.17. The van der Waals surface area contributed by atoms with E-state index in [4.69, 9.17) is 4.74 Å². The molecule has 180 valence electrons. The van der Waals surface area contributed by atoms with Crippen LogP contribution in [0.5, 0.6) is 5.75 Å². The van der Waals surface area contributed by atoms with Gasteiger partial charge in [0.25, 0.3) is 5.91 Å². The Bertz CT molecular complexity index is 1210. The molecule has 1 atom stereocenters. The van der Waals surface area contributed by atoms with Crippen LogP contribution < -0.4 is 10.1 Å². The molecule has 0 spiro atoms. The molecule has 12 heteroatoms. The molecule has 0 bridgehead atoms. The summed E-state index contributed by atoms with van der Waals surface area (Å²) in [6.45, 7) is 3.31. The highest BCUT2D eigenvalue weighted by Gasteiger charge is 2.41. The van der Waals surface area contributed by atoms with Crippen LogP contribution in [0.1, 0.15) is 52.4 Å². The summed E-state index contributed by atoms with van der Waals surface area (Å²) in [7, 11) is 0. The largest absolute Gasteiger partial charge is 0.491 e. The van der Waals surface area contributed by atoms with Crippen molar-refractivity contribution in [3.8, 4) is 16.3 Å². The van der Waals surface area contributed by atoms with E-state index < -0.39 is 35.4 Å². The summed E-state index contributed by atoms with van der Waals surface area (Å²) < 4.78 is 59.1. The minimum atomic E-state index is -4.69. The van der Waals surface area contributed by atoms with Crippen LogP contribution in [0.15, 0.2) is 30.7 Å². The summed E-state index contributed by atoms with van der Waals surface area (Å²) in [6, 6.07) is 1.83. The Hall–Kier alpha value is -3.12. The van der Waals surface area contributed by atoms with Crippen molar-refractivity contribution in [2.75, 3.05) is 6.61 Å². The average Bonchev–Trinajstić information content (AvgIpc) is 3.37. The minimum absolute atomic E-state index is 0.00464. The Morgan fingerprint density at radius 3 is 2.47 bits per heavy atom. The fraction of sp³-hybridized carbons (Fsp3) is 0.364. The maximum atomic E-state index is 15.4. The maximum absolute atomic E-state index is 15.4. The zero-order valence-electron chi connectivity index (χ0n) is 18.1. The molecule has 1 unspecified atom stereocenters. The number of rotatable bonds is 7. The molecule has 1 saturated carbocycles. The number of hydrogen-bond acceptors (Lipinski definition) is 7. The minimum Gasteiger partial charge on any atom is -0.491 e. The second-order valence-corrected chi connectivity index (χ2v) is 9.39. The van der Waals surface area contributed by atoms with Crippen LogP contribution in [0.4, 0.5) is 17.6 Å². The number of carbonyl (C=O) groups is 1. The maximum Gasteiger partial charge on any atom is 0.451 e. The lowest BCUT2D eigenvalue weighted by Crippen LogP contribution is -2.28. The number of ether oxygens (including phenoxy) is 1. The fourth-order valence-corrected chi connectivity index (χ4v) is 3.83. The monoisotopic (exact) mass is 496 g/mol. The summed E-state index contributed by atoms with van der Waals surface area (Å²) >= 11 is 1.24. The number of benzene rings is 1. The van der Waals surface area contributed by atoms with Gasteiger partial charge in [-0.15, -0.1) is 11.3 Å². The average molecular weight is 496 g/mol. The smallest absolute Gasteiger partial charge is 0.451 e. The van der Waals surface area contributed by atoms with E-state index in [9.17, 15) is 23.1 Å². The van der Waals surface area contributed by atoms with Gasteiger partial charge in [-0.05, 0) is 38.8 Å². The molecule has 0 aliphatic heterocycles. The molecule has 7 nitrogen and oxygen atoms in total. The predicted molar refractivity (Wildman–Crippen MR) is 115 cm³/mol. The summed E-state index contributed by atoms with van der Waals surface area (Å²) in [6.07, 6.45) is -0.0216. The molecule has 0 saturated heterocycles. The summed E-state index contributed by atoms with van der Waals surface area (Å²) in [5.74, 6) is -2.75. The summed E-state index contributed by atoms with van der Waals surface area (Å²) in [4.78, 5) is 24.5. The number of nitrogens with one attached hydrogen (secondary N) is 1. The molecule has 1 aromatic carbocycles. The SMILES string of the molecule is Cc1cnc(-c2cc(OCC3(O)CC3)cc(C(=O)NC(C)c3cnc(C(F)(F)F)nc3)c2F)s1. The van der Waals surface area contributed by atoms with E-state index in [1.165, 1.54) is 30.4 Å². The van der Waals surface area contributed by atoms with Crippen LogP contribution in [0.25, 0.3) is 10.6 Å². The highest BCUT2D eigenvalue weighted by atomic mass is 32.1. The first kappa shape index (κ1) is 24.0. The number of aryl methyl sites for hydroxylation is 1. The van der Waals surface area contributed by atoms with Gasteiger partial charge in [0.05, 0.1) is 22.8 Å². The van der Waals surface area contributed by atoms with Crippen molar-refractivity contribution in [2.24, 2.45) is 0 Å². The zero-order chi connectivity index (χ0) is 24.7. The van der Waals surface area contributed by atoms with E-state index in [1.54, 1.807) is 6.20 Å². The number of hydrogen-bond donors (Lipinski definition) is 2. The van der Waals surface area contributed by atoms with Crippen molar-refractivity contribution < 1.29 is 32.2 Å². The van der Waals surface area contributed by atoms with Gasteiger partial charge in [-0.3, -0.25) is 4.79 Å². The molecule has 34 heavy (non-hydrogen) atoms. The van der Waals surface area contributed by atoms with Crippen molar-refractivity contribution in [1.29, 1.82) is 0 Å². The third kappa shape index (κ3) is 5.33. The van der Waals surface area contributed by atoms with Gasteiger partial charge in [-0.1, -0.05) is 0 Å². The van der Waals surface area contributed by atoms with Crippen LogP contribution in [0, 0.1) is 12.7 Å². The number of alkyl halides is 3.